The third-order valence-corrected chi connectivity index (χ3v) is 4.99. The van der Waals surface area contributed by atoms with Crippen LogP contribution < -0.4 is 10.1 Å². The Hall–Kier alpha value is -2.33. The van der Waals surface area contributed by atoms with Crippen LogP contribution in [0.3, 0.4) is 0 Å². The molecular formula is C22H28N2O2. The first kappa shape index (κ1) is 18.5. The average Bonchev–Trinajstić information content (AvgIpc) is 3.19. The molecule has 0 spiro atoms. The van der Waals surface area contributed by atoms with Gasteiger partial charge in [0, 0.05) is 19.5 Å². The number of carbonyl (C=O) groups is 1. The summed E-state index contributed by atoms with van der Waals surface area (Å²) in [4.78, 5) is 14.7. The summed E-state index contributed by atoms with van der Waals surface area (Å²) in [6, 6.07) is 16.3. The predicted octanol–water partition coefficient (Wildman–Crippen LogP) is 3.54. The largest absolute Gasteiger partial charge is 0.497 e. The molecule has 0 aromatic heterocycles. The number of aryl methyl sites for hydroxylation is 1. The van der Waals surface area contributed by atoms with Crippen molar-refractivity contribution in [1.82, 2.24) is 10.2 Å². The van der Waals surface area contributed by atoms with E-state index in [0.29, 0.717) is 13.0 Å². The Morgan fingerprint density at radius 2 is 1.73 bits per heavy atom. The molecule has 2 aromatic rings. The molecule has 1 aliphatic rings. The minimum atomic E-state index is 0.0943. The van der Waals surface area contributed by atoms with E-state index in [1.54, 1.807) is 7.11 Å². The third-order valence-electron chi connectivity index (χ3n) is 4.99. The van der Waals surface area contributed by atoms with Crippen molar-refractivity contribution >= 4 is 5.91 Å². The van der Waals surface area contributed by atoms with E-state index in [9.17, 15) is 4.79 Å². The van der Waals surface area contributed by atoms with E-state index in [2.05, 4.69) is 28.4 Å². The fraction of sp³-hybridized carbons (Fsp3) is 0.409. The number of benzene rings is 2. The van der Waals surface area contributed by atoms with Gasteiger partial charge in [-0.3, -0.25) is 9.69 Å². The standard InChI is InChI=1S/C22H28N2O2/c1-26-21-11-8-18(9-12-21)10-13-22(25)23-16-19-6-2-3-7-20(19)17-24-14-4-5-15-24/h2-3,6-9,11-12H,4-5,10,13-17H2,1H3,(H,23,25). The van der Waals surface area contributed by atoms with E-state index in [0.717, 1.165) is 24.3 Å². The van der Waals surface area contributed by atoms with Gasteiger partial charge in [0.2, 0.25) is 5.91 Å². The first-order valence-electron chi connectivity index (χ1n) is 9.43. The maximum atomic E-state index is 12.2. The van der Waals surface area contributed by atoms with Crippen molar-refractivity contribution < 1.29 is 9.53 Å². The van der Waals surface area contributed by atoms with Crippen molar-refractivity contribution in [2.75, 3.05) is 20.2 Å². The van der Waals surface area contributed by atoms with Crippen LogP contribution in [-0.4, -0.2) is 31.0 Å². The van der Waals surface area contributed by atoms with Crippen LogP contribution in [0.1, 0.15) is 36.0 Å². The van der Waals surface area contributed by atoms with Crippen molar-refractivity contribution in [2.45, 2.75) is 38.8 Å². The van der Waals surface area contributed by atoms with Crippen LogP contribution in [0.5, 0.6) is 5.75 Å². The summed E-state index contributed by atoms with van der Waals surface area (Å²) >= 11 is 0. The van der Waals surface area contributed by atoms with Crippen molar-refractivity contribution in [3.05, 3.63) is 65.2 Å². The monoisotopic (exact) mass is 352 g/mol. The highest BCUT2D eigenvalue weighted by Gasteiger charge is 2.13. The Balaban J connectivity index is 1.47. The molecular weight excluding hydrogens is 324 g/mol. The summed E-state index contributed by atoms with van der Waals surface area (Å²) in [5, 5.41) is 3.07. The van der Waals surface area contributed by atoms with Crippen LogP contribution in [-0.2, 0) is 24.3 Å². The minimum Gasteiger partial charge on any atom is -0.497 e. The molecule has 1 N–H and O–H groups in total. The zero-order valence-corrected chi connectivity index (χ0v) is 15.5. The highest BCUT2D eigenvalue weighted by atomic mass is 16.5. The molecule has 1 saturated heterocycles. The SMILES string of the molecule is COc1ccc(CCC(=O)NCc2ccccc2CN2CCCC2)cc1. The Labute approximate surface area is 156 Å². The predicted molar refractivity (Wildman–Crippen MR) is 104 cm³/mol. The molecule has 0 unspecified atom stereocenters. The normalized spacial score (nSPS) is 14.3. The van der Waals surface area contributed by atoms with Gasteiger partial charge in [0.15, 0.2) is 0 Å². The van der Waals surface area contributed by atoms with Crippen molar-refractivity contribution in [1.29, 1.82) is 0 Å². The maximum Gasteiger partial charge on any atom is 0.220 e. The molecule has 1 amide bonds. The third kappa shape index (κ3) is 5.33. The highest BCUT2D eigenvalue weighted by molar-refractivity contribution is 5.76. The number of ether oxygens (including phenoxy) is 1. The molecule has 0 bridgehead atoms. The molecule has 1 aliphatic heterocycles. The number of nitrogens with zero attached hydrogens (tertiary/aromatic N) is 1. The topological polar surface area (TPSA) is 41.6 Å². The van der Waals surface area contributed by atoms with Gasteiger partial charge in [-0.15, -0.1) is 0 Å². The van der Waals surface area contributed by atoms with E-state index in [4.69, 9.17) is 4.74 Å². The lowest BCUT2D eigenvalue weighted by Gasteiger charge is -2.17. The van der Waals surface area contributed by atoms with Crippen LogP contribution >= 0.6 is 0 Å². The summed E-state index contributed by atoms with van der Waals surface area (Å²) in [5.74, 6) is 0.935. The van der Waals surface area contributed by atoms with Crippen LogP contribution in [0.2, 0.25) is 0 Å². The summed E-state index contributed by atoms with van der Waals surface area (Å²) in [5.41, 5.74) is 3.69. The number of nitrogens with one attached hydrogen (secondary N) is 1. The van der Waals surface area contributed by atoms with Crippen molar-refractivity contribution in [2.24, 2.45) is 0 Å². The average molecular weight is 352 g/mol. The van der Waals surface area contributed by atoms with Crippen molar-refractivity contribution in [3.63, 3.8) is 0 Å². The van der Waals surface area contributed by atoms with Gasteiger partial charge in [0.1, 0.15) is 5.75 Å². The summed E-state index contributed by atoms with van der Waals surface area (Å²) in [6.07, 6.45) is 3.83. The van der Waals surface area contributed by atoms with Gasteiger partial charge in [-0.05, 0) is 61.2 Å². The smallest absolute Gasteiger partial charge is 0.220 e. The molecule has 0 atom stereocenters. The molecule has 0 radical (unpaired) electrons. The zero-order valence-electron chi connectivity index (χ0n) is 15.5. The number of carbonyl (C=O) groups excluding carboxylic acids is 1. The van der Waals surface area contributed by atoms with Crippen LogP contribution in [0.15, 0.2) is 48.5 Å². The van der Waals surface area contributed by atoms with Gasteiger partial charge < -0.3 is 10.1 Å². The van der Waals surface area contributed by atoms with Gasteiger partial charge in [0.05, 0.1) is 7.11 Å². The molecule has 1 heterocycles. The Bertz CT molecular complexity index is 706. The lowest BCUT2D eigenvalue weighted by molar-refractivity contribution is -0.121. The summed E-state index contributed by atoms with van der Waals surface area (Å²) in [6.45, 7) is 3.95. The van der Waals surface area contributed by atoms with E-state index in [1.165, 1.54) is 37.1 Å². The number of hydrogen-bond donors (Lipinski definition) is 1. The van der Waals surface area contributed by atoms with E-state index in [-0.39, 0.29) is 5.91 Å². The highest BCUT2D eigenvalue weighted by Crippen LogP contribution is 2.16. The lowest BCUT2D eigenvalue weighted by atomic mass is 10.1. The maximum absolute atomic E-state index is 12.2. The number of hydrogen-bond acceptors (Lipinski definition) is 3. The van der Waals surface area contributed by atoms with E-state index >= 15 is 0 Å². The Morgan fingerprint density at radius 1 is 1.04 bits per heavy atom. The van der Waals surface area contributed by atoms with Crippen molar-refractivity contribution in [3.8, 4) is 5.75 Å². The lowest BCUT2D eigenvalue weighted by Crippen LogP contribution is -2.25. The zero-order chi connectivity index (χ0) is 18.2. The number of amides is 1. The molecule has 26 heavy (non-hydrogen) atoms. The van der Waals surface area contributed by atoms with Gasteiger partial charge in [-0.1, -0.05) is 36.4 Å². The molecule has 4 nitrogen and oxygen atoms in total. The molecule has 0 aliphatic carbocycles. The fourth-order valence-electron chi connectivity index (χ4n) is 3.40. The second-order valence-electron chi connectivity index (χ2n) is 6.88. The van der Waals surface area contributed by atoms with Gasteiger partial charge in [-0.2, -0.15) is 0 Å². The molecule has 3 rings (SSSR count). The molecule has 138 valence electrons. The second-order valence-corrected chi connectivity index (χ2v) is 6.88. The van der Waals surface area contributed by atoms with Crippen LogP contribution in [0.25, 0.3) is 0 Å². The molecule has 1 fully saturated rings. The molecule has 2 aromatic carbocycles. The fourth-order valence-corrected chi connectivity index (χ4v) is 3.40. The Kier molecular flexibility index (Phi) is 6.67. The van der Waals surface area contributed by atoms with Gasteiger partial charge in [0.25, 0.3) is 0 Å². The number of likely N-dealkylation sites (tertiary alicyclic amines) is 1. The first-order valence-corrected chi connectivity index (χ1v) is 9.43. The van der Waals surface area contributed by atoms with E-state index in [1.807, 2.05) is 30.3 Å². The molecule has 4 heteroatoms. The minimum absolute atomic E-state index is 0.0943. The van der Waals surface area contributed by atoms with Crippen LogP contribution in [0.4, 0.5) is 0 Å². The van der Waals surface area contributed by atoms with Gasteiger partial charge in [-0.25, -0.2) is 0 Å². The summed E-state index contributed by atoms with van der Waals surface area (Å²) in [7, 11) is 1.66. The quantitative estimate of drug-likeness (QED) is 0.790. The Morgan fingerprint density at radius 3 is 2.42 bits per heavy atom. The first-order chi connectivity index (χ1) is 12.7. The van der Waals surface area contributed by atoms with Gasteiger partial charge >= 0.3 is 0 Å². The molecule has 0 saturated carbocycles. The number of methoxy groups -OCH3 is 1. The van der Waals surface area contributed by atoms with Crippen LogP contribution in [0, 0.1) is 0 Å². The number of rotatable bonds is 8. The van der Waals surface area contributed by atoms with E-state index < -0.39 is 0 Å². The summed E-state index contributed by atoms with van der Waals surface area (Å²) < 4.78 is 5.16. The second kappa shape index (κ2) is 9.39.